The van der Waals surface area contributed by atoms with Gasteiger partial charge in [0.2, 0.25) is 5.92 Å². The molecular formula is C23H27ClF4N6O. The summed E-state index contributed by atoms with van der Waals surface area (Å²) in [7, 11) is 0. The van der Waals surface area contributed by atoms with Crippen LogP contribution in [0.1, 0.15) is 32.6 Å². The summed E-state index contributed by atoms with van der Waals surface area (Å²) in [6, 6.07) is 0.543. The standard InChI is InChI=1S/C23H27ClF4N6O/c1-22(27,28)12-4-23(5-13(25)8-34(23)7-12)11-35-21-31-18-16(6-29-19(24)17(18)26)20(32-21)33-9-14-2-3-15(10-33)30-14/h6,12-15,30H,2-5,7-11H2,1H3. The predicted octanol–water partition coefficient (Wildman–Crippen LogP) is 3.59. The Bertz CT molecular complexity index is 1140. The SMILES string of the molecule is CC(F)(F)C1CN2CC(F)CC2(COc2nc(N3CC4CCC(C3)N4)c3cnc(Cl)c(F)c3n2)C1. The van der Waals surface area contributed by atoms with Crippen molar-refractivity contribution in [1.82, 2.24) is 25.2 Å². The van der Waals surface area contributed by atoms with Crippen molar-refractivity contribution in [3.05, 3.63) is 17.2 Å². The van der Waals surface area contributed by atoms with Crippen LogP contribution in [0.3, 0.4) is 0 Å². The Kier molecular flexibility index (Phi) is 5.54. The number of piperazine rings is 1. The molecule has 12 heteroatoms. The maximum Gasteiger partial charge on any atom is 0.319 e. The van der Waals surface area contributed by atoms with Crippen LogP contribution >= 0.6 is 11.6 Å². The van der Waals surface area contributed by atoms with Crippen molar-refractivity contribution in [1.29, 1.82) is 0 Å². The molecule has 2 aromatic rings. The van der Waals surface area contributed by atoms with E-state index in [1.54, 1.807) is 4.90 Å². The number of aromatic nitrogens is 3. The van der Waals surface area contributed by atoms with E-state index in [1.807, 2.05) is 0 Å². The largest absolute Gasteiger partial charge is 0.461 e. The molecule has 7 nitrogen and oxygen atoms in total. The fourth-order valence-electron chi connectivity index (χ4n) is 6.33. The van der Waals surface area contributed by atoms with Crippen LogP contribution in [0.5, 0.6) is 6.01 Å². The molecule has 0 spiro atoms. The molecule has 2 bridgehead atoms. The number of rotatable bonds is 5. The lowest BCUT2D eigenvalue weighted by Gasteiger charge is -2.34. The van der Waals surface area contributed by atoms with Gasteiger partial charge >= 0.3 is 6.01 Å². The number of ether oxygens (including phenoxy) is 1. The number of anilines is 1. The number of halogens is 5. The molecule has 0 saturated carbocycles. The van der Waals surface area contributed by atoms with Gasteiger partial charge in [0.1, 0.15) is 24.1 Å². The van der Waals surface area contributed by atoms with E-state index in [0.717, 1.165) is 19.8 Å². The molecule has 190 valence electrons. The lowest BCUT2D eigenvalue weighted by molar-refractivity contribution is -0.0374. The van der Waals surface area contributed by atoms with Gasteiger partial charge in [-0.2, -0.15) is 9.97 Å². The highest BCUT2D eigenvalue weighted by Crippen LogP contribution is 2.47. The first kappa shape index (κ1) is 23.4. The summed E-state index contributed by atoms with van der Waals surface area (Å²) in [5.74, 6) is -4.03. The number of nitrogens with one attached hydrogen (secondary N) is 1. The monoisotopic (exact) mass is 514 g/mol. The second-order valence-electron chi connectivity index (χ2n) is 10.6. The summed E-state index contributed by atoms with van der Waals surface area (Å²) in [6.07, 6.45) is 2.67. The molecule has 35 heavy (non-hydrogen) atoms. The molecular weight excluding hydrogens is 488 g/mol. The van der Waals surface area contributed by atoms with Crippen LogP contribution in [0.15, 0.2) is 6.20 Å². The molecule has 0 radical (unpaired) electrons. The van der Waals surface area contributed by atoms with E-state index >= 15 is 0 Å². The Hall–Kier alpha value is -1.98. The third kappa shape index (κ3) is 4.09. The quantitative estimate of drug-likeness (QED) is 0.483. The van der Waals surface area contributed by atoms with Crippen LogP contribution in [-0.2, 0) is 0 Å². The highest BCUT2D eigenvalue weighted by atomic mass is 35.5. The minimum absolute atomic E-state index is 0.00980. The van der Waals surface area contributed by atoms with Crippen molar-refractivity contribution in [3.63, 3.8) is 0 Å². The summed E-state index contributed by atoms with van der Waals surface area (Å²) >= 11 is 5.93. The smallest absolute Gasteiger partial charge is 0.319 e. The number of pyridine rings is 1. The summed E-state index contributed by atoms with van der Waals surface area (Å²) in [6.45, 7) is 2.44. The molecule has 0 amide bonds. The molecule has 4 aliphatic heterocycles. The average Bonchev–Trinajstić information content (AvgIpc) is 3.43. The first-order chi connectivity index (χ1) is 16.6. The first-order valence-corrected chi connectivity index (χ1v) is 12.4. The van der Waals surface area contributed by atoms with Crippen molar-refractivity contribution in [3.8, 4) is 6.01 Å². The number of fused-ring (bicyclic) bond motifs is 4. The third-order valence-electron chi connectivity index (χ3n) is 8.06. The van der Waals surface area contributed by atoms with E-state index < -0.39 is 29.4 Å². The first-order valence-electron chi connectivity index (χ1n) is 12.0. The maximum absolute atomic E-state index is 15.0. The number of hydrogen-bond donors (Lipinski definition) is 1. The maximum atomic E-state index is 15.0. The van der Waals surface area contributed by atoms with Crippen molar-refractivity contribution in [2.45, 2.75) is 62.3 Å². The van der Waals surface area contributed by atoms with Gasteiger partial charge in [-0.1, -0.05) is 11.6 Å². The number of nitrogens with zero attached hydrogens (tertiary/aromatic N) is 5. The number of alkyl halides is 3. The van der Waals surface area contributed by atoms with Gasteiger partial charge in [0.05, 0.1) is 10.9 Å². The van der Waals surface area contributed by atoms with Crippen molar-refractivity contribution >= 4 is 28.3 Å². The van der Waals surface area contributed by atoms with E-state index in [-0.39, 0.29) is 49.2 Å². The third-order valence-corrected chi connectivity index (χ3v) is 8.33. The second-order valence-corrected chi connectivity index (χ2v) is 10.9. The van der Waals surface area contributed by atoms with Gasteiger partial charge in [-0.05, 0) is 26.2 Å². The van der Waals surface area contributed by atoms with Gasteiger partial charge in [0.25, 0.3) is 0 Å². The van der Waals surface area contributed by atoms with Crippen LogP contribution in [0, 0.1) is 11.7 Å². The predicted molar refractivity (Wildman–Crippen MR) is 122 cm³/mol. The summed E-state index contributed by atoms with van der Waals surface area (Å²) < 4.78 is 63.4. The fraction of sp³-hybridized carbons (Fsp3) is 0.696. The van der Waals surface area contributed by atoms with Crippen LogP contribution in [0.25, 0.3) is 10.9 Å². The van der Waals surface area contributed by atoms with Crippen molar-refractivity contribution in [2.24, 2.45) is 5.92 Å². The molecule has 5 unspecified atom stereocenters. The molecule has 4 aliphatic rings. The zero-order valence-electron chi connectivity index (χ0n) is 19.3. The topological polar surface area (TPSA) is 66.4 Å². The Labute approximate surface area is 205 Å². The summed E-state index contributed by atoms with van der Waals surface area (Å²) in [5, 5.41) is 3.67. The Morgan fingerprint density at radius 3 is 2.63 bits per heavy atom. The molecule has 4 saturated heterocycles. The van der Waals surface area contributed by atoms with Crippen LogP contribution in [0.2, 0.25) is 5.15 Å². The molecule has 6 heterocycles. The molecule has 0 aliphatic carbocycles. The van der Waals surface area contributed by atoms with E-state index in [4.69, 9.17) is 16.3 Å². The van der Waals surface area contributed by atoms with Crippen molar-refractivity contribution < 1.29 is 22.3 Å². The zero-order valence-corrected chi connectivity index (χ0v) is 20.0. The lowest BCUT2D eigenvalue weighted by atomic mass is 9.88. The van der Waals surface area contributed by atoms with Crippen LogP contribution < -0.4 is 15.0 Å². The summed E-state index contributed by atoms with van der Waals surface area (Å²) in [5.41, 5.74) is -0.880. The van der Waals surface area contributed by atoms with Gasteiger partial charge in [-0.15, -0.1) is 0 Å². The molecule has 0 aromatic carbocycles. The van der Waals surface area contributed by atoms with Crippen LogP contribution in [0.4, 0.5) is 23.4 Å². The molecule has 4 fully saturated rings. The molecule has 1 N–H and O–H groups in total. The highest BCUT2D eigenvalue weighted by molar-refractivity contribution is 6.30. The Balaban J connectivity index is 1.33. The van der Waals surface area contributed by atoms with Gasteiger partial charge < -0.3 is 15.0 Å². The lowest BCUT2D eigenvalue weighted by Crippen LogP contribution is -2.51. The van der Waals surface area contributed by atoms with E-state index in [1.165, 1.54) is 6.20 Å². The van der Waals surface area contributed by atoms with E-state index in [0.29, 0.717) is 36.4 Å². The van der Waals surface area contributed by atoms with E-state index in [9.17, 15) is 17.6 Å². The Morgan fingerprint density at radius 2 is 1.91 bits per heavy atom. The van der Waals surface area contributed by atoms with E-state index in [2.05, 4.69) is 25.2 Å². The number of hydrogen-bond acceptors (Lipinski definition) is 7. The highest BCUT2D eigenvalue weighted by Gasteiger charge is 2.57. The fourth-order valence-corrected chi connectivity index (χ4v) is 6.47. The van der Waals surface area contributed by atoms with Crippen molar-refractivity contribution in [2.75, 3.05) is 37.7 Å². The average molecular weight is 515 g/mol. The molecule has 5 atom stereocenters. The molecule has 6 rings (SSSR count). The van der Waals surface area contributed by atoms with Gasteiger partial charge in [0.15, 0.2) is 11.0 Å². The summed E-state index contributed by atoms with van der Waals surface area (Å²) in [4.78, 5) is 16.7. The van der Waals surface area contributed by atoms with Gasteiger partial charge in [-0.3, -0.25) is 4.90 Å². The normalized spacial score (nSPS) is 33.0. The Morgan fingerprint density at radius 1 is 1.17 bits per heavy atom. The minimum atomic E-state index is -2.87. The zero-order chi connectivity index (χ0) is 24.5. The van der Waals surface area contributed by atoms with Crippen LogP contribution in [-0.4, -0.2) is 82.4 Å². The van der Waals surface area contributed by atoms with Gasteiger partial charge in [-0.25, -0.2) is 22.5 Å². The minimum Gasteiger partial charge on any atom is -0.461 e. The van der Waals surface area contributed by atoms with Gasteiger partial charge in [0, 0.05) is 56.8 Å². The second kappa shape index (κ2) is 8.27. The molecule has 2 aromatic heterocycles.